The predicted molar refractivity (Wildman–Crippen MR) is 53.6 cm³/mol. The van der Waals surface area contributed by atoms with Crippen LogP contribution in [0, 0.1) is 0 Å². The molecular formula is C10H20N2O. The van der Waals surface area contributed by atoms with Crippen LogP contribution in [0.2, 0.25) is 0 Å². The first-order chi connectivity index (χ1) is 6.24. The molecular weight excluding hydrogens is 164 g/mol. The molecule has 0 aromatic carbocycles. The monoisotopic (exact) mass is 184 g/mol. The Labute approximate surface area is 80.7 Å². The number of likely N-dealkylation sites (tertiary alicyclic amines) is 1. The van der Waals surface area contributed by atoms with E-state index in [4.69, 9.17) is 0 Å². The second kappa shape index (κ2) is 5.22. The molecule has 1 aliphatic heterocycles. The quantitative estimate of drug-likeness (QED) is 0.649. The third-order valence-electron chi connectivity index (χ3n) is 2.68. The number of carbonyl (C=O) groups excluding carboxylic acids is 1. The maximum absolute atomic E-state index is 11.2. The Bertz CT molecular complexity index is 164. The Hall–Kier alpha value is -0.570. The van der Waals surface area contributed by atoms with Gasteiger partial charge in [-0.05, 0) is 25.9 Å². The molecule has 1 heterocycles. The molecule has 0 N–H and O–H groups in total. The van der Waals surface area contributed by atoms with Crippen LogP contribution in [-0.4, -0.2) is 48.9 Å². The van der Waals surface area contributed by atoms with Crippen LogP contribution < -0.4 is 0 Å². The average molecular weight is 184 g/mol. The molecule has 3 heteroatoms. The molecule has 0 saturated carbocycles. The molecule has 0 aromatic heterocycles. The maximum Gasteiger partial charge on any atom is 0.222 e. The van der Waals surface area contributed by atoms with Crippen molar-refractivity contribution in [2.24, 2.45) is 0 Å². The average Bonchev–Trinajstić information content (AvgIpc) is 2.65. The number of likely N-dealkylation sites (N-methyl/N-ethyl adjacent to an activating group) is 1. The molecule has 0 radical (unpaired) electrons. The highest BCUT2D eigenvalue weighted by Crippen LogP contribution is 2.06. The highest BCUT2D eigenvalue weighted by molar-refractivity contribution is 5.75. The van der Waals surface area contributed by atoms with Crippen molar-refractivity contribution in [1.29, 1.82) is 0 Å². The summed E-state index contributed by atoms with van der Waals surface area (Å²) in [6.07, 6.45) is 3.27. The van der Waals surface area contributed by atoms with Gasteiger partial charge in [0.15, 0.2) is 0 Å². The van der Waals surface area contributed by atoms with E-state index in [9.17, 15) is 4.79 Å². The fourth-order valence-electron chi connectivity index (χ4n) is 1.69. The van der Waals surface area contributed by atoms with Crippen LogP contribution in [-0.2, 0) is 4.79 Å². The fraction of sp³-hybridized carbons (Fsp3) is 0.900. The summed E-state index contributed by atoms with van der Waals surface area (Å²) in [7, 11) is 1.89. The van der Waals surface area contributed by atoms with Crippen molar-refractivity contribution in [3.05, 3.63) is 0 Å². The summed E-state index contributed by atoms with van der Waals surface area (Å²) in [5, 5.41) is 0. The van der Waals surface area contributed by atoms with Crippen molar-refractivity contribution >= 4 is 5.91 Å². The molecule has 1 amide bonds. The molecule has 0 spiro atoms. The van der Waals surface area contributed by atoms with Gasteiger partial charge < -0.3 is 9.80 Å². The second-order valence-corrected chi connectivity index (χ2v) is 3.72. The van der Waals surface area contributed by atoms with Crippen LogP contribution in [0.1, 0.15) is 26.2 Å². The van der Waals surface area contributed by atoms with Crippen molar-refractivity contribution in [2.75, 3.05) is 33.2 Å². The molecule has 0 unspecified atom stereocenters. The topological polar surface area (TPSA) is 23.6 Å². The van der Waals surface area contributed by atoms with Gasteiger partial charge in [0.2, 0.25) is 5.91 Å². The summed E-state index contributed by atoms with van der Waals surface area (Å²) >= 11 is 0. The van der Waals surface area contributed by atoms with Gasteiger partial charge in [0, 0.05) is 26.6 Å². The van der Waals surface area contributed by atoms with E-state index in [2.05, 4.69) is 4.90 Å². The molecule has 13 heavy (non-hydrogen) atoms. The normalized spacial score (nSPS) is 17.7. The zero-order valence-corrected chi connectivity index (χ0v) is 8.75. The summed E-state index contributed by atoms with van der Waals surface area (Å²) in [5.41, 5.74) is 0. The van der Waals surface area contributed by atoms with Crippen molar-refractivity contribution in [1.82, 2.24) is 9.80 Å². The second-order valence-electron chi connectivity index (χ2n) is 3.72. The minimum Gasteiger partial charge on any atom is -0.344 e. The van der Waals surface area contributed by atoms with Gasteiger partial charge in [-0.25, -0.2) is 0 Å². The van der Waals surface area contributed by atoms with Crippen molar-refractivity contribution in [3.8, 4) is 0 Å². The molecule has 0 aromatic rings. The van der Waals surface area contributed by atoms with Crippen LogP contribution in [0.15, 0.2) is 0 Å². The lowest BCUT2D eigenvalue weighted by Crippen LogP contribution is -2.34. The van der Waals surface area contributed by atoms with Gasteiger partial charge in [-0.1, -0.05) is 6.92 Å². The van der Waals surface area contributed by atoms with Gasteiger partial charge in [-0.15, -0.1) is 0 Å². The van der Waals surface area contributed by atoms with E-state index in [-0.39, 0.29) is 5.91 Å². The minimum atomic E-state index is 0.249. The van der Waals surface area contributed by atoms with Crippen molar-refractivity contribution in [2.45, 2.75) is 26.2 Å². The third kappa shape index (κ3) is 3.35. The first-order valence-electron chi connectivity index (χ1n) is 5.20. The minimum absolute atomic E-state index is 0.249. The van der Waals surface area contributed by atoms with Gasteiger partial charge in [0.1, 0.15) is 0 Å². The van der Waals surface area contributed by atoms with Crippen LogP contribution in [0.5, 0.6) is 0 Å². The fourth-order valence-corrected chi connectivity index (χ4v) is 1.69. The Balaban J connectivity index is 2.13. The Kier molecular flexibility index (Phi) is 4.22. The molecule has 1 rings (SSSR count). The molecule has 3 nitrogen and oxygen atoms in total. The smallest absolute Gasteiger partial charge is 0.222 e. The van der Waals surface area contributed by atoms with E-state index >= 15 is 0 Å². The summed E-state index contributed by atoms with van der Waals surface area (Å²) in [4.78, 5) is 15.5. The maximum atomic E-state index is 11.2. The Morgan fingerprint density at radius 1 is 1.38 bits per heavy atom. The highest BCUT2D eigenvalue weighted by Gasteiger charge is 2.12. The molecule has 1 aliphatic rings. The first kappa shape index (κ1) is 10.5. The molecule has 0 bridgehead atoms. The van der Waals surface area contributed by atoms with E-state index in [1.54, 1.807) is 0 Å². The van der Waals surface area contributed by atoms with Gasteiger partial charge in [0.25, 0.3) is 0 Å². The van der Waals surface area contributed by atoms with E-state index in [0.717, 1.165) is 13.1 Å². The number of rotatable bonds is 4. The molecule has 0 aliphatic carbocycles. The number of hydrogen-bond donors (Lipinski definition) is 0. The number of nitrogens with zero attached hydrogens (tertiary/aromatic N) is 2. The van der Waals surface area contributed by atoms with E-state index in [1.165, 1.54) is 25.9 Å². The van der Waals surface area contributed by atoms with Gasteiger partial charge in [-0.3, -0.25) is 4.79 Å². The van der Waals surface area contributed by atoms with E-state index in [1.807, 2.05) is 18.9 Å². The van der Waals surface area contributed by atoms with Gasteiger partial charge >= 0.3 is 0 Å². The lowest BCUT2D eigenvalue weighted by Gasteiger charge is -2.20. The third-order valence-corrected chi connectivity index (χ3v) is 2.68. The molecule has 76 valence electrons. The van der Waals surface area contributed by atoms with Crippen LogP contribution >= 0.6 is 0 Å². The Morgan fingerprint density at radius 3 is 2.54 bits per heavy atom. The molecule has 1 saturated heterocycles. The highest BCUT2D eigenvalue weighted by atomic mass is 16.2. The van der Waals surface area contributed by atoms with Crippen molar-refractivity contribution in [3.63, 3.8) is 0 Å². The lowest BCUT2D eigenvalue weighted by molar-refractivity contribution is -0.129. The van der Waals surface area contributed by atoms with Gasteiger partial charge in [0.05, 0.1) is 0 Å². The Morgan fingerprint density at radius 2 is 2.00 bits per heavy atom. The zero-order valence-electron chi connectivity index (χ0n) is 8.75. The number of carbonyl (C=O) groups is 1. The first-order valence-corrected chi connectivity index (χ1v) is 5.20. The van der Waals surface area contributed by atoms with Crippen LogP contribution in [0.25, 0.3) is 0 Å². The number of amides is 1. The number of hydrogen-bond acceptors (Lipinski definition) is 2. The zero-order chi connectivity index (χ0) is 9.68. The summed E-state index contributed by atoms with van der Waals surface area (Å²) in [6, 6.07) is 0. The summed E-state index contributed by atoms with van der Waals surface area (Å²) in [6.45, 7) is 6.27. The van der Waals surface area contributed by atoms with Crippen LogP contribution in [0.3, 0.4) is 0 Å². The predicted octanol–water partition coefficient (Wildman–Crippen LogP) is 0.951. The largest absolute Gasteiger partial charge is 0.344 e. The SMILES string of the molecule is CCC(=O)N(C)CCN1CCCC1. The van der Waals surface area contributed by atoms with Crippen LogP contribution in [0.4, 0.5) is 0 Å². The van der Waals surface area contributed by atoms with E-state index < -0.39 is 0 Å². The standard InChI is InChI=1S/C10H20N2O/c1-3-10(13)11(2)8-9-12-6-4-5-7-12/h3-9H2,1-2H3. The molecule has 1 fully saturated rings. The van der Waals surface area contributed by atoms with Crippen molar-refractivity contribution < 1.29 is 4.79 Å². The molecule has 0 atom stereocenters. The van der Waals surface area contributed by atoms with E-state index in [0.29, 0.717) is 6.42 Å². The lowest BCUT2D eigenvalue weighted by atomic mass is 10.4. The summed E-state index contributed by atoms with van der Waals surface area (Å²) < 4.78 is 0. The van der Waals surface area contributed by atoms with Gasteiger partial charge in [-0.2, -0.15) is 0 Å². The summed E-state index contributed by atoms with van der Waals surface area (Å²) in [5.74, 6) is 0.249.